The van der Waals surface area contributed by atoms with Crippen LogP contribution in [0.4, 0.5) is 10.2 Å². The molecule has 10 nitrogen and oxygen atoms in total. The summed E-state index contributed by atoms with van der Waals surface area (Å²) in [5, 5.41) is 9.33. The van der Waals surface area contributed by atoms with Crippen molar-refractivity contribution < 1.29 is 25.7 Å². The summed E-state index contributed by atoms with van der Waals surface area (Å²) < 4.78 is 73.8. The number of aromatic nitrogens is 3. The molecule has 0 saturated carbocycles. The van der Waals surface area contributed by atoms with Crippen molar-refractivity contribution in [3.8, 4) is 0 Å². The number of rotatable bonds is 9. The smallest absolute Gasteiger partial charge is 0.266 e. The lowest BCUT2D eigenvalue weighted by Gasteiger charge is -2.08. The molecule has 178 valence electrons. The molecule has 0 aliphatic carbocycles. The highest BCUT2D eigenvalue weighted by atomic mass is 32.2. The normalized spacial score (nSPS) is 12.2. The van der Waals surface area contributed by atoms with Crippen LogP contribution in [0.5, 0.6) is 0 Å². The van der Waals surface area contributed by atoms with Gasteiger partial charge in [-0.05, 0) is 36.2 Å². The molecule has 0 amide bonds. The molecule has 34 heavy (non-hydrogen) atoms. The number of sulfonamides is 2. The molecular weight excluding hydrogens is 485 g/mol. The van der Waals surface area contributed by atoms with E-state index in [4.69, 9.17) is 4.52 Å². The number of fused-ring (bicyclic) bond motifs is 1. The van der Waals surface area contributed by atoms with Gasteiger partial charge in [-0.3, -0.25) is 9.40 Å². The lowest BCUT2D eigenvalue weighted by molar-refractivity contribution is 0.459. The lowest BCUT2D eigenvalue weighted by Crippen LogP contribution is -2.19. The molecule has 2 N–H and O–H groups in total. The first-order valence-electron chi connectivity index (χ1n) is 9.87. The molecule has 2 aromatic heterocycles. The molecule has 0 radical (unpaired) electrons. The molecule has 4 rings (SSSR count). The molecule has 0 bridgehead atoms. The van der Waals surface area contributed by atoms with Crippen molar-refractivity contribution in [2.45, 2.75) is 24.9 Å². The van der Waals surface area contributed by atoms with Crippen LogP contribution >= 0.6 is 0 Å². The van der Waals surface area contributed by atoms with Crippen LogP contribution in [0, 0.1) is 12.7 Å². The van der Waals surface area contributed by atoms with E-state index in [1.807, 2.05) is 6.07 Å². The summed E-state index contributed by atoms with van der Waals surface area (Å²) in [7, 11) is -7.75. The zero-order valence-electron chi connectivity index (χ0n) is 17.9. The van der Waals surface area contributed by atoms with Gasteiger partial charge in [0.1, 0.15) is 10.7 Å². The Hall–Kier alpha value is -3.55. The highest BCUT2D eigenvalue weighted by Crippen LogP contribution is 2.30. The van der Waals surface area contributed by atoms with Crippen molar-refractivity contribution in [2.75, 3.05) is 4.72 Å². The van der Waals surface area contributed by atoms with Crippen LogP contribution in [-0.2, 0) is 33.1 Å². The first-order valence-corrected chi connectivity index (χ1v) is 12.9. The maximum absolute atomic E-state index is 14.0. The van der Waals surface area contributed by atoms with Gasteiger partial charge in [0.2, 0.25) is 10.0 Å². The standard InChI is InChI=1S/C21H20FN5O5S2/c1-3-33(28,29)24-11-16-10-23-27(13-16)12-15-8-14(2)20-18(9-15)32-25-21(20)26-34(30,31)19-7-5-4-6-17(19)22/h3-10,13,24H,1,11-12H2,2H3,(H,25,26). The Morgan fingerprint density at radius 2 is 1.94 bits per heavy atom. The predicted octanol–water partition coefficient (Wildman–Crippen LogP) is 2.88. The number of anilines is 1. The van der Waals surface area contributed by atoms with Crippen molar-refractivity contribution in [2.24, 2.45) is 0 Å². The van der Waals surface area contributed by atoms with Gasteiger partial charge in [-0.1, -0.05) is 29.9 Å². The van der Waals surface area contributed by atoms with Crippen molar-refractivity contribution >= 4 is 36.8 Å². The third kappa shape index (κ3) is 5.00. The molecule has 2 aromatic carbocycles. The van der Waals surface area contributed by atoms with E-state index in [0.29, 0.717) is 28.6 Å². The Morgan fingerprint density at radius 3 is 2.68 bits per heavy atom. The molecule has 0 aliphatic heterocycles. The fourth-order valence-electron chi connectivity index (χ4n) is 3.36. The van der Waals surface area contributed by atoms with Gasteiger partial charge in [-0.2, -0.15) is 5.10 Å². The number of benzene rings is 2. The maximum Gasteiger partial charge on any atom is 0.266 e. The van der Waals surface area contributed by atoms with Crippen molar-refractivity contribution in [1.29, 1.82) is 0 Å². The summed E-state index contributed by atoms with van der Waals surface area (Å²) in [5.41, 5.74) is 2.48. The molecular formula is C21H20FN5O5S2. The predicted molar refractivity (Wildman–Crippen MR) is 123 cm³/mol. The van der Waals surface area contributed by atoms with Crippen LogP contribution in [-0.4, -0.2) is 31.8 Å². The van der Waals surface area contributed by atoms with Crippen LogP contribution in [0.25, 0.3) is 11.0 Å². The SMILES string of the molecule is C=CS(=O)(=O)NCc1cnn(Cc2cc(C)c3c(NS(=O)(=O)c4ccccc4F)noc3c2)c1. The second kappa shape index (κ2) is 9.00. The summed E-state index contributed by atoms with van der Waals surface area (Å²) in [6, 6.07) is 8.55. The van der Waals surface area contributed by atoms with Gasteiger partial charge in [-0.25, -0.2) is 25.9 Å². The van der Waals surface area contributed by atoms with E-state index in [-0.39, 0.29) is 12.4 Å². The molecule has 0 unspecified atom stereocenters. The third-order valence-electron chi connectivity index (χ3n) is 4.92. The van der Waals surface area contributed by atoms with Gasteiger partial charge in [0.15, 0.2) is 11.4 Å². The maximum atomic E-state index is 14.0. The zero-order valence-corrected chi connectivity index (χ0v) is 19.5. The van der Waals surface area contributed by atoms with Gasteiger partial charge in [0, 0.05) is 23.7 Å². The van der Waals surface area contributed by atoms with Gasteiger partial charge in [-0.15, -0.1) is 0 Å². The molecule has 0 saturated heterocycles. The van der Waals surface area contributed by atoms with E-state index in [9.17, 15) is 21.2 Å². The van der Waals surface area contributed by atoms with Gasteiger partial charge < -0.3 is 4.52 Å². The summed E-state index contributed by atoms with van der Waals surface area (Å²) in [6.45, 7) is 5.42. The minimum Gasteiger partial charge on any atom is -0.354 e. The third-order valence-corrected chi connectivity index (χ3v) is 7.27. The molecule has 0 fully saturated rings. The molecule has 13 heteroatoms. The summed E-state index contributed by atoms with van der Waals surface area (Å²) >= 11 is 0. The second-order valence-electron chi connectivity index (χ2n) is 7.43. The summed E-state index contributed by atoms with van der Waals surface area (Å²) in [6.07, 6.45) is 3.24. The van der Waals surface area contributed by atoms with E-state index >= 15 is 0 Å². The number of hydrogen-bond donors (Lipinski definition) is 2. The van der Waals surface area contributed by atoms with Crippen molar-refractivity contribution in [3.05, 3.63) is 83.3 Å². The fraction of sp³-hybridized carbons (Fsp3) is 0.143. The average Bonchev–Trinajstić information content (AvgIpc) is 3.39. The molecule has 0 atom stereocenters. The Kier molecular flexibility index (Phi) is 6.25. The van der Waals surface area contributed by atoms with Crippen LogP contribution in [0.15, 0.2) is 70.2 Å². The van der Waals surface area contributed by atoms with E-state index in [2.05, 4.69) is 26.3 Å². The first kappa shape index (κ1) is 23.6. The Balaban J connectivity index is 1.55. The summed E-state index contributed by atoms with van der Waals surface area (Å²) in [5.74, 6) is -0.920. The van der Waals surface area contributed by atoms with Crippen LogP contribution in [0.3, 0.4) is 0 Å². The highest BCUT2D eigenvalue weighted by Gasteiger charge is 2.22. The fourth-order valence-corrected chi connectivity index (χ4v) is 4.93. The Morgan fingerprint density at radius 1 is 1.18 bits per heavy atom. The van der Waals surface area contributed by atoms with Gasteiger partial charge in [0.25, 0.3) is 10.0 Å². The molecule has 2 heterocycles. The number of nitrogens with one attached hydrogen (secondary N) is 2. The molecule has 0 spiro atoms. The monoisotopic (exact) mass is 505 g/mol. The minimum absolute atomic E-state index is 0.0434. The largest absolute Gasteiger partial charge is 0.354 e. The Bertz CT molecular complexity index is 1590. The molecule has 4 aromatic rings. The number of nitrogens with zero attached hydrogens (tertiary/aromatic N) is 3. The second-order valence-corrected chi connectivity index (χ2v) is 10.8. The van der Waals surface area contributed by atoms with Crippen molar-refractivity contribution in [3.63, 3.8) is 0 Å². The lowest BCUT2D eigenvalue weighted by atomic mass is 10.1. The van der Waals surface area contributed by atoms with E-state index in [1.54, 1.807) is 30.1 Å². The van der Waals surface area contributed by atoms with Crippen LogP contribution in [0.1, 0.15) is 16.7 Å². The molecule has 0 aliphatic rings. The first-order chi connectivity index (χ1) is 16.1. The minimum atomic E-state index is -4.21. The quantitative estimate of drug-likeness (QED) is 0.357. The van der Waals surface area contributed by atoms with Crippen molar-refractivity contribution in [1.82, 2.24) is 19.7 Å². The van der Waals surface area contributed by atoms with Crippen LogP contribution < -0.4 is 9.44 Å². The zero-order chi connectivity index (χ0) is 24.5. The topological polar surface area (TPSA) is 136 Å². The number of aryl methyl sites for hydroxylation is 1. The van der Waals surface area contributed by atoms with Crippen LogP contribution in [0.2, 0.25) is 0 Å². The van der Waals surface area contributed by atoms with Gasteiger partial charge in [0.05, 0.1) is 18.1 Å². The number of halogens is 1. The van der Waals surface area contributed by atoms with Gasteiger partial charge >= 0.3 is 0 Å². The average molecular weight is 506 g/mol. The van der Waals surface area contributed by atoms with E-state index in [1.165, 1.54) is 12.1 Å². The summed E-state index contributed by atoms with van der Waals surface area (Å²) in [4.78, 5) is -0.495. The van der Waals surface area contributed by atoms with E-state index in [0.717, 1.165) is 23.1 Å². The number of hydrogen-bond acceptors (Lipinski definition) is 7. The van der Waals surface area contributed by atoms with E-state index < -0.39 is 30.8 Å². The Labute approximate surface area is 195 Å². The highest BCUT2D eigenvalue weighted by molar-refractivity contribution is 7.92.